The predicted molar refractivity (Wildman–Crippen MR) is 90.5 cm³/mol. The van der Waals surface area contributed by atoms with E-state index in [1.807, 2.05) is 0 Å². The Bertz CT molecular complexity index is 706. The Morgan fingerprint density at radius 2 is 1.70 bits per heavy atom. The molecule has 2 aromatic rings. The highest BCUT2D eigenvalue weighted by Gasteiger charge is 2.50. The lowest BCUT2D eigenvalue weighted by Crippen LogP contribution is -2.36. The average Bonchev–Trinajstić information content (AvgIpc) is 3.32. The van der Waals surface area contributed by atoms with E-state index in [-0.39, 0.29) is 11.7 Å². The summed E-state index contributed by atoms with van der Waals surface area (Å²) in [5, 5.41) is 4.16. The van der Waals surface area contributed by atoms with Gasteiger partial charge in [0.25, 0.3) is 0 Å². The molecule has 5 heteroatoms. The van der Waals surface area contributed by atoms with Gasteiger partial charge in [0, 0.05) is 16.6 Å². The average molecular weight is 352 g/mol. The Balaban J connectivity index is 1.63. The highest BCUT2D eigenvalue weighted by molar-refractivity contribution is 6.36. The minimum atomic E-state index is -0.502. The molecule has 3 rings (SSSR count). The molecule has 0 atom stereocenters. The summed E-state index contributed by atoms with van der Waals surface area (Å²) >= 11 is 12.3. The lowest BCUT2D eigenvalue weighted by molar-refractivity contribution is -0.123. The van der Waals surface area contributed by atoms with Gasteiger partial charge in [-0.05, 0) is 54.7 Å². The third kappa shape index (κ3) is 3.36. The molecule has 0 spiro atoms. The summed E-state index contributed by atoms with van der Waals surface area (Å²) in [6.45, 7) is 0.464. The first-order valence-corrected chi connectivity index (χ1v) is 8.26. The van der Waals surface area contributed by atoms with Crippen molar-refractivity contribution in [3.63, 3.8) is 0 Å². The van der Waals surface area contributed by atoms with E-state index >= 15 is 0 Å². The third-order valence-corrected chi connectivity index (χ3v) is 5.01. The van der Waals surface area contributed by atoms with E-state index in [9.17, 15) is 9.18 Å². The van der Waals surface area contributed by atoms with E-state index in [2.05, 4.69) is 5.32 Å². The van der Waals surface area contributed by atoms with Crippen LogP contribution in [0.25, 0.3) is 0 Å². The van der Waals surface area contributed by atoms with Gasteiger partial charge in [-0.3, -0.25) is 4.79 Å². The van der Waals surface area contributed by atoms with Gasteiger partial charge in [0.15, 0.2) is 0 Å². The van der Waals surface area contributed by atoms with Gasteiger partial charge in [0.05, 0.1) is 5.41 Å². The van der Waals surface area contributed by atoms with Gasteiger partial charge in [-0.1, -0.05) is 41.4 Å². The number of amides is 1. The normalized spacial score (nSPS) is 15.3. The van der Waals surface area contributed by atoms with Gasteiger partial charge in [0.2, 0.25) is 5.91 Å². The molecule has 2 aromatic carbocycles. The van der Waals surface area contributed by atoms with Gasteiger partial charge in [-0.25, -0.2) is 4.39 Å². The predicted octanol–water partition coefficient (Wildman–Crippen LogP) is 4.52. The minimum absolute atomic E-state index is 0.0210. The Morgan fingerprint density at radius 1 is 1.09 bits per heavy atom. The van der Waals surface area contributed by atoms with Gasteiger partial charge >= 0.3 is 0 Å². The summed E-state index contributed by atoms with van der Waals surface area (Å²) in [6.07, 6.45) is 2.15. The summed E-state index contributed by atoms with van der Waals surface area (Å²) < 4.78 is 13.0. The second kappa shape index (κ2) is 6.50. The van der Waals surface area contributed by atoms with Crippen LogP contribution in [-0.4, -0.2) is 12.5 Å². The molecule has 1 aliphatic rings. The quantitative estimate of drug-likeness (QED) is 0.842. The highest BCUT2D eigenvalue weighted by atomic mass is 35.5. The van der Waals surface area contributed by atoms with Gasteiger partial charge in [0.1, 0.15) is 5.82 Å². The summed E-state index contributed by atoms with van der Waals surface area (Å²) in [5.41, 5.74) is 1.20. The lowest BCUT2D eigenvalue weighted by Gasteiger charge is -2.16. The first kappa shape index (κ1) is 16.3. The molecule has 0 heterocycles. The maximum Gasteiger partial charge on any atom is 0.230 e. The molecule has 0 saturated heterocycles. The van der Waals surface area contributed by atoms with E-state index in [4.69, 9.17) is 23.2 Å². The summed E-state index contributed by atoms with van der Waals surface area (Å²) in [4.78, 5) is 12.5. The van der Waals surface area contributed by atoms with Crippen molar-refractivity contribution in [3.05, 3.63) is 69.5 Å². The summed E-state index contributed by atoms with van der Waals surface area (Å²) in [5.74, 6) is -0.314. The van der Waals surface area contributed by atoms with Crippen LogP contribution < -0.4 is 5.32 Å². The monoisotopic (exact) mass is 351 g/mol. The molecule has 0 radical (unpaired) electrons. The summed E-state index contributed by atoms with van der Waals surface area (Å²) in [7, 11) is 0. The maximum atomic E-state index is 13.0. The van der Waals surface area contributed by atoms with E-state index in [1.54, 1.807) is 30.3 Å². The Kier molecular flexibility index (Phi) is 4.60. The minimum Gasteiger partial charge on any atom is -0.355 e. The topological polar surface area (TPSA) is 29.1 Å². The molecule has 120 valence electrons. The second-order valence-corrected chi connectivity index (χ2v) is 6.61. The number of halogens is 3. The molecule has 0 unspecified atom stereocenters. The van der Waals surface area contributed by atoms with Crippen LogP contribution in [-0.2, 0) is 16.6 Å². The summed E-state index contributed by atoms with van der Waals surface area (Å²) in [6, 6.07) is 11.5. The number of rotatable bonds is 5. The van der Waals surface area contributed by atoms with Crippen LogP contribution in [0.1, 0.15) is 24.0 Å². The highest BCUT2D eigenvalue weighted by Crippen LogP contribution is 2.48. The van der Waals surface area contributed by atoms with Crippen molar-refractivity contribution in [2.24, 2.45) is 0 Å². The number of carbonyl (C=O) groups excluding carboxylic acids is 1. The van der Waals surface area contributed by atoms with E-state index in [0.717, 1.165) is 24.0 Å². The molecule has 1 N–H and O–H groups in total. The van der Waals surface area contributed by atoms with Gasteiger partial charge in [-0.15, -0.1) is 0 Å². The van der Waals surface area contributed by atoms with E-state index < -0.39 is 5.41 Å². The smallest absolute Gasteiger partial charge is 0.230 e. The zero-order valence-electron chi connectivity index (χ0n) is 12.4. The molecule has 0 bridgehead atoms. The third-order valence-electron chi connectivity index (χ3n) is 4.30. The van der Waals surface area contributed by atoms with Gasteiger partial charge < -0.3 is 5.32 Å². The molecule has 1 saturated carbocycles. The first-order valence-electron chi connectivity index (χ1n) is 7.50. The number of carbonyl (C=O) groups is 1. The van der Waals surface area contributed by atoms with Crippen LogP contribution in [0.2, 0.25) is 10.0 Å². The molecule has 2 nitrogen and oxygen atoms in total. The first-order chi connectivity index (χ1) is 11.0. The number of hydrogen-bond donors (Lipinski definition) is 1. The zero-order valence-corrected chi connectivity index (χ0v) is 13.9. The second-order valence-electron chi connectivity index (χ2n) is 5.80. The van der Waals surface area contributed by atoms with Crippen LogP contribution in [0.4, 0.5) is 4.39 Å². The number of nitrogens with one attached hydrogen (secondary N) is 1. The molecule has 0 aliphatic heterocycles. The van der Waals surface area contributed by atoms with Crippen molar-refractivity contribution in [1.82, 2.24) is 5.32 Å². The standard InChI is InChI=1S/C18H16Cl2FNO/c19-15-2-1-3-16(20)14(15)8-11-22-17(23)18(9-10-18)12-4-6-13(21)7-5-12/h1-7H,8-11H2,(H,22,23). The van der Waals surface area contributed by atoms with Crippen molar-refractivity contribution in [3.8, 4) is 0 Å². The number of benzene rings is 2. The molecule has 23 heavy (non-hydrogen) atoms. The molecule has 1 aliphatic carbocycles. The molecular weight excluding hydrogens is 336 g/mol. The zero-order chi connectivity index (χ0) is 16.4. The van der Waals surface area contributed by atoms with Crippen LogP contribution in [0.3, 0.4) is 0 Å². The molecule has 1 amide bonds. The van der Waals surface area contributed by atoms with Crippen molar-refractivity contribution < 1.29 is 9.18 Å². The van der Waals surface area contributed by atoms with E-state index in [1.165, 1.54) is 12.1 Å². The Morgan fingerprint density at radius 3 is 2.26 bits per heavy atom. The fourth-order valence-corrected chi connectivity index (χ4v) is 3.37. The Hall–Kier alpha value is -1.58. The van der Waals surface area contributed by atoms with Crippen molar-refractivity contribution >= 4 is 29.1 Å². The fraction of sp³-hybridized carbons (Fsp3) is 0.278. The molecule has 1 fully saturated rings. The largest absolute Gasteiger partial charge is 0.355 e. The fourth-order valence-electron chi connectivity index (χ4n) is 2.78. The van der Waals surface area contributed by atoms with Crippen LogP contribution in [0.5, 0.6) is 0 Å². The van der Waals surface area contributed by atoms with Crippen LogP contribution >= 0.6 is 23.2 Å². The van der Waals surface area contributed by atoms with Crippen molar-refractivity contribution in [2.45, 2.75) is 24.7 Å². The molecule has 0 aromatic heterocycles. The maximum absolute atomic E-state index is 13.0. The van der Waals surface area contributed by atoms with Crippen LogP contribution in [0.15, 0.2) is 42.5 Å². The lowest BCUT2D eigenvalue weighted by atomic mass is 9.95. The van der Waals surface area contributed by atoms with Crippen LogP contribution in [0, 0.1) is 5.82 Å². The number of hydrogen-bond acceptors (Lipinski definition) is 1. The van der Waals surface area contributed by atoms with E-state index in [0.29, 0.717) is 23.0 Å². The van der Waals surface area contributed by atoms with Crippen molar-refractivity contribution in [1.29, 1.82) is 0 Å². The van der Waals surface area contributed by atoms with Gasteiger partial charge in [-0.2, -0.15) is 0 Å². The Labute approximate surface area is 144 Å². The SMILES string of the molecule is O=C(NCCc1c(Cl)cccc1Cl)C1(c2ccc(F)cc2)CC1. The molecular formula is C18H16Cl2FNO. The van der Waals surface area contributed by atoms with Crippen molar-refractivity contribution in [2.75, 3.05) is 6.54 Å².